The van der Waals surface area contributed by atoms with Crippen molar-refractivity contribution in [3.63, 3.8) is 0 Å². The highest BCUT2D eigenvalue weighted by molar-refractivity contribution is 9.10. The second-order valence-electron chi connectivity index (χ2n) is 3.99. The van der Waals surface area contributed by atoms with Gasteiger partial charge in [0.1, 0.15) is 11.2 Å². The van der Waals surface area contributed by atoms with E-state index in [0.29, 0.717) is 23.9 Å². The van der Waals surface area contributed by atoms with Gasteiger partial charge in [0.05, 0.1) is 5.56 Å². The number of aromatic nitrogens is 1. The van der Waals surface area contributed by atoms with Crippen molar-refractivity contribution in [3.8, 4) is 0 Å². The normalized spacial score (nSPS) is 19.0. The lowest BCUT2D eigenvalue weighted by atomic mass is 10.2. The van der Waals surface area contributed by atoms with Crippen LogP contribution in [0, 0.1) is 0 Å². The Morgan fingerprint density at radius 2 is 2.28 bits per heavy atom. The van der Waals surface area contributed by atoms with Crippen molar-refractivity contribution in [2.24, 2.45) is 0 Å². The number of carbonyl (C=O) groups excluding carboxylic acids is 1. The van der Waals surface area contributed by atoms with Crippen molar-refractivity contribution in [3.05, 3.63) is 27.5 Å². The van der Waals surface area contributed by atoms with Gasteiger partial charge in [0.25, 0.3) is 5.91 Å². The van der Waals surface area contributed by atoms with E-state index in [1.165, 1.54) is 11.1 Å². The molecule has 96 valence electrons. The summed E-state index contributed by atoms with van der Waals surface area (Å²) in [5.74, 6) is -1.38. The van der Waals surface area contributed by atoms with Gasteiger partial charge in [-0.25, -0.2) is 9.78 Å². The summed E-state index contributed by atoms with van der Waals surface area (Å²) < 4.78 is 0.626. The van der Waals surface area contributed by atoms with Gasteiger partial charge in [-0.2, -0.15) is 0 Å². The third-order valence-corrected chi connectivity index (χ3v) is 3.57. The summed E-state index contributed by atoms with van der Waals surface area (Å²) in [7, 11) is 0. The average Bonchev–Trinajstić information content (AvgIpc) is 2.80. The zero-order valence-corrected chi connectivity index (χ0v) is 11.6. The highest BCUT2D eigenvalue weighted by Gasteiger charge is 2.35. The molecule has 1 saturated heterocycles. The number of hydrogen-bond acceptors (Lipinski definition) is 3. The van der Waals surface area contributed by atoms with Crippen LogP contribution in [0.15, 0.2) is 16.7 Å². The number of amides is 1. The lowest BCUT2D eigenvalue weighted by Crippen LogP contribution is -2.40. The van der Waals surface area contributed by atoms with Crippen molar-refractivity contribution in [2.75, 3.05) is 6.54 Å². The first-order valence-electron chi connectivity index (χ1n) is 5.35. The number of aliphatic carboxylic acids is 1. The van der Waals surface area contributed by atoms with Gasteiger partial charge in [0.15, 0.2) is 0 Å². The molecule has 0 aromatic carbocycles. The molecule has 1 aromatic heterocycles. The Morgan fingerprint density at radius 1 is 1.56 bits per heavy atom. The van der Waals surface area contributed by atoms with Gasteiger partial charge in [-0.1, -0.05) is 11.6 Å². The zero-order valence-electron chi connectivity index (χ0n) is 9.27. The lowest BCUT2D eigenvalue weighted by molar-refractivity contribution is -0.141. The molecule has 2 heterocycles. The van der Waals surface area contributed by atoms with Crippen LogP contribution in [-0.4, -0.2) is 39.5 Å². The number of carbonyl (C=O) groups is 2. The van der Waals surface area contributed by atoms with Crippen LogP contribution in [0.25, 0.3) is 0 Å². The summed E-state index contributed by atoms with van der Waals surface area (Å²) in [4.78, 5) is 28.5. The van der Waals surface area contributed by atoms with Gasteiger partial charge < -0.3 is 10.0 Å². The van der Waals surface area contributed by atoms with E-state index in [0.717, 1.165) is 0 Å². The fourth-order valence-corrected chi connectivity index (χ4v) is 2.51. The molecule has 5 nitrogen and oxygen atoms in total. The lowest BCUT2D eigenvalue weighted by Gasteiger charge is -2.21. The van der Waals surface area contributed by atoms with Crippen LogP contribution < -0.4 is 0 Å². The Bertz CT molecular complexity index is 509. The predicted molar refractivity (Wildman–Crippen MR) is 68.6 cm³/mol. The molecule has 0 saturated carbocycles. The van der Waals surface area contributed by atoms with Gasteiger partial charge in [0.2, 0.25) is 0 Å². The molecule has 2 rings (SSSR count). The van der Waals surface area contributed by atoms with Gasteiger partial charge in [0, 0.05) is 17.2 Å². The van der Waals surface area contributed by atoms with Gasteiger partial charge in [-0.15, -0.1) is 0 Å². The average molecular weight is 334 g/mol. The predicted octanol–water partition coefficient (Wildman–Crippen LogP) is 2.19. The third kappa shape index (κ3) is 2.49. The van der Waals surface area contributed by atoms with E-state index in [9.17, 15) is 9.59 Å². The number of hydrogen-bond donors (Lipinski definition) is 1. The summed E-state index contributed by atoms with van der Waals surface area (Å²) in [6.45, 7) is 0.429. The maximum absolute atomic E-state index is 12.3. The number of nitrogens with zero attached hydrogens (tertiary/aromatic N) is 2. The Balaban J connectivity index is 2.31. The van der Waals surface area contributed by atoms with Crippen LogP contribution in [0.2, 0.25) is 5.15 Å². The smallest absolute Gasteiger partial charge is 0.326 e. The monoisotopic (exact) mass is 332 g/mol. The zero-order chi connectivity index (χ0) is 13.3. The summed E-state index contributed by atoms with van der Waals surface area (Å²) >= 11 is 9.08. The maximum atomic E-state index is 12.3. The Morgan fingerprint density at radius 3 is 2.94 bits per heavy atom. The summed E-state index contributed by atoms with van der Waals surface area (Å²) in [5.41, 5.74) is 0.221. The van der Waals surface area contributed by atoms with Gasteiger partial charge in [-0.05, 0) is 34.8 Å². The van der Waals surface area contributed by atoms with Crippen molar-refractivity contribution in [1.82, 2.24) is 9.88 Å². The molecule has 1 N–H and O–H groups in total. The highest BCUT2D eigenvalue weighted by Crippen LogP contribution is 2.24. The maximum Gasteiger partial charge on any atom is 0.326 e. The number of carboxylic acids is 1. The molecule has 7 heteroatoms. The number of rotatable bonds is 2. The van der Waals surface area contributed by atoms with Crippen LogP contribution in [0.5, 0.6) is 0 Å². The highest BCUT2D eigenvalue weighted by atomic mass is 79.9. The second kappa shape index (κ2) is 5.24. The first-order chi connectivity index (χ1) is 8.50. The van der Waals surface area contributed by atoms with E-state index < -0.39 is 17.9 Å². The van der Waals surface area contributed by atoms with E-state index in [2.05, 4.69) is 20.9 Å². The fourth-order valence-electron chi connectivity index (χ4n) is 1.99. The van der Waals surface area contributed by atoms with Crippen LogP contribution in [0.4, 0.5) is 0 Å². The minimum absolute atomic E-state index is 0.0826. The van der Waals surface area contributed by atoms with E-state index in [1.807, 2.05) is 0 Å². The summed E-state index contributed by atoms with van der Waals surface area (Å²) in [5, 5.41) is 9.13. The number of carboxylic acid groups (broad SMARTS) is 1. The fraction of sp³-hybridized carbons (Fsp3) is 0.364. The van der Waals surface area contributed by atoms with Crippen molar-refractivity contribution < 1.29 is 14.7 Å². The summed E-state index contributed by atoms with van der Waals surface area (Å²) in [6, 6.07) is 0.780. The van der Waals surface area contributed by atoms with Crippen molar-refractivity contribution in [1.29, 1.82) is 0 Å². The standard InChI is InChI=1S/C11H10BrClN2O3/c12-6-4-7(9(13)14-5-6)10(16)15-3-1-2-8(15)11(17)18/h4-5,8H,1-3H2,(H,17,18). The SMILES string of the molecule is O=C(O)C1CCCN1C(=O)c1cc(Br)cnc1Cl. The largest absolute Gasteiger partial charge is 0.480 e. The van der Waals surface area contributed by atoms with E-state index in [4.69, 9.17) is 16.7 Å². The van der Waals surface area contributed by atoms with E-state index >= 15 is 0 Å². The minimum atomic E-state index is -0.986. The molecule has 1 unspecified atom stereocenters. The Labute approximate surface area is 117 Å². The third-order valence-electron chi connectivity index (χ3n) is 2.83. The molecule has 1 aliphatic rings. The first kappa shape index (κ1) is 13.3. The molecule has 18 heavy (non-hydrogen) atoms. The molecule has 0 radical (unpaired) electrons. The molecular formula is C11H10BrClN2O3. The van der Waals surface area contributed by atoms with E-state index in [1.54, 1.807) is 6.07 Å². The quantitative estimate of drug-likeness (QED) is 0.842. The molecule has 1 fully saturated rings. The molecule has 0 spiro atoms. The first-order valence-corrected chi connectivity index (χ1v) is 6.52. The van der Waals surface area contributed by atoms with Gasteiger partial charge >= 0.3 is 5.97 Å². The Kier molecular flexibility index (Phi) is 3.87. The summed E-state index contributed by atoms with van der Waals surface area (Å²) in [6.07, 6.45) is 2.64. The molecule has 0 bridgehead atoms. The van der Waals surface area contributed by atoms with Crippen LogP contribution in [0.3, 0.4) is 0 Å². The van der Waals surface area contributed by atoms with Crippen LogP contribution >= 0.6 is 27.5 Å². The topological polar surface area (TPSA) is 70.5 Å². The molecule has 1 aliphatic heterocycles. The van der Waals surface area contributed by atoms with Crippen molar-refractivity contribution >= 4 is 39.4 Å². The second-order valence-corrected chi connectivity index (χ2v) is 5.26. The molecule has 1 amide bonds. The number of likely N-dealkylation sites (tertiary alicyclic amines) is 1. The minimum Gasteiger partial charge on any atom is -0.480 e. The van der Waals surface area contributed by atoms with Crippen LogP contribution in [0.1, 0.15) is 23.2 Å². The molecule has 1 aromatic rings. The molecule has 1 atom stereocenters. The molecule has 0 aliphatic carbocycles. The number of pyridine rings is 1. The Hall–Kier alpha value is -1.14. The van der Waals surface area contributed by atoms with Crippen molar-refractivity contribution in [2.45, 2.75) is 18.9 Å². The number of halogens is 2. The van der Waals surface area contributed by atoms with Gasteiger partial charge in [-0.3, -0.25) is 4.79 Å². The van der Waals surface area contributed by atoms with E-state index in [-0.39, 0.29) is 10.7 Å². The molecular weight excluding hydrogens is 323 g/mol. The van der Waals surface area contributed by atoms with Crippen LogP contribution in [-0.2, 0) is 4.79 Å².